The molecule has 0 spiro atoms. The Hall–Kier alpha value is -2.90. The largest absolute Gasteiger partial charge is 0.479 e. The number of amides is 2. The third-order valence-corrected chi connectivity index (χ3v) is 7.20. The van der Waals surface area contributed by atoms with Gasteiger partial charge in [-0.25, -0.2) is 9.59 Å². The van der Waals surface area contributed by atoms with Crippen LogP contribution in [0.2, 0.25) is 0 Å². The SMILES string of the molecule is Cc1ccc(-c2c(C)c3c(c(C)c2[C@H](OC(C)(C)C)C(=O)O)CN(C(=O)N2CCOCC2C)C3)cc1. The molecule has 4 rings (SSSR count). The fourth-order valence-electron chi connectivity index (χ4n) is 5.36. The maximum Gasteiger partial charge on any atom is 0.337 e. The number of morpholine rings is 1. The Labute approximate surface area is 214 Å². The van der Waals surface area contributed by atoms with Gasteiger partial charge in [0.2, 0.25) is 0 Å². The first-order chi connectivity index (χ1) is 16.9. The number of carbonyl (C=O) groups is 2. The second-order valence-corrected chi connectivity index (χ2v) is 11.1. The number of hydrogen-bond donors (Lipinski definition) is 1. The van der Waals surface area contributed by atoms with Crippen LogP contribution in [0.3, 0.4) is 0 Å². The van der Waals surface area contributed by atoms with Crippen molar-refractivity contribution >= 4 is 12.0 Å². The van der Waals surface area contributed by atoms with Crippen molar-refractivity contribution < 1.29 is 24.2 Å². The molecule has 0 aliphatic carbocycles. The van der Waals surface area contributed by atoms with E-state index in [-0.39, 0.29) is 12.1 Å². The zero-order valence-electron chi connectivity index (χ0n) is 22.5. The molecule has 2 aliphatic rings. The summed E-state index contributed by atoms with van der Waals surface area (Å²) in [5.41, 5.74) is 7.00. The maximum atomic E-state index is 13.5. The molecule has 2 aromatic rings. The average Bonchev–Trinajstić information content (AvgIpc) is 3.26. The number of hydrogen-bond acceptors (Lipinski definition) is 4. The quantitative estimate of drug-likeness (QED) is 0.618. The fraction of sp³-hybridized carbons (Fsp3) is 0.517. The maximum absolute atomic E-state index is 13.5. The van der Waals surface area contributed by atoms with E-state index in [0.29, 0.717) is 38.4 Å². The van der Waals surface area contributed by atoms with Crippen molar-refractivity contribution in [1.29, 1.82) is 0 Å². The monoisotopic (exact) mass is 494 g/mol. The summed E-state index contributed by atoms with van der Waals surface area (Å²) in [4.78, 5) is 29.8. The fourth-order valence-corrected chi connectivity index (χ4v) is 5.36. The Balaban J connectivity index is 1.85. The molecular weight excluding hydrogens is 456 g/mol. The van der Waals surface area contributed by atoms with Crippen LogP contribution in [-0.2, 0) is 27.4 Å². The summed E-state index contributed by atoms with van der Waals surface area (Å²) in [6, 6.07) is 8.17. The van der Waals surface area contributed by atoms with Crippen LogP contribution in [0.4, 0.5) is 4.79 Å². The number of ether oxygens (including phenoxy) is 2. The van der Waals surface area contributed by atoms with Crippen molar-refractivity contribution in [2.75, 3.05) is 19.8 Å². The highest BCUT2D eigenvalue weighted by Gasteiger charge is 2.38. The van der Waals surface area contributed by atoms with Gasteiger partial charge in [0.1, 0.15) is 0 Å². The van der Waals surface area contributed by atoms with E-state index in [2.05, 4.69) is 0 Å². The molecule has 2 aromatic carbocycles. The number of rotatable bonds is 4. The third-order valence-electron chi connectivity index (χ3n) is 7.20. The lowest BCUT2D eigenvalue weighted by molar-refractivity contribution is -0.160. The van der Waals surface area contributed by atoms with Gasteiger partial charge in [-0.1, -0.05) is 29.8 Å². The van der Waals surface area contributed by atoms with Gasteiger partial charge in [-0.2, -0.15) is 0 Å². The molecule has 194 valence electrons. The highest BCUT2D eigenvalue weighted by Crippen LogP contribution is 2.44. The predicted octanol–water partition coefficient (Wildman–Crippen LogP) is 5.38. The van der Waals surface area contributed by atoms with E-state index in [1.165, 1.54) is 0 Å². The summed E-state index contributed by atoms with van der Waals surface area (Å²) in [7, 11) is 0. The number of carbonyl (C=O) groups excluding carboxylic acids is 1. The van der Waals surface area contributed by atoms with Crippen LogP contribution in [0, 0.1) is 20.8 Å². The lowest BCUT2D eigenvalue weighted by atomic mass is 9.83. The molecule has 0 saturated carbocycles. The molecule has 1 unspecified atom stereocenters. The number of urea groups is 1. The second kappa shape index (κ2) is 9.87. The number of carboxylic acid groups (broad SMARTS) is 1. The molecule has 1 fully saturated rings. The van der Waals surface area contributed by atoms with E-state index in [1.807, 2.05) is 82.5 Å². The van der Waals surface area contributed by atoms with Gasteiger partial charge in [0.15, 0.2) is 6.10 Å². The highest BCUT2D eigenvalue weighted by molar-refractivity contribution is 5.85. The van der Waals surface area contributed by atoms with Gasteiger partial charge in [0, 0.05) is 25.2 Å². The molecule has 36 heavy (non-hydrogen) atoms. The van der Waals surface area contributed by atoms with Crippen molar-refractivity contribution in [3.05, 3.63) is 57.6 Å². The van der Waals surface area contributed by atoms with Crippen LogP contribution in [0.5, 0.6) is 0 Å². The Morgan fingerprint density at radius 2 is 1.67 bits per heavy atom. The van der Waals surface area contributed by atoms with Crippen molar-refractivity contribution in [3.63, 3.8) is 0 Å². The van der Waals surface area contributed by atoms with Crippen LogP contribution < -0.4 is 0 Å². The minimum absolute atomic E-state index is 0.0000352. The number of nitrogens with zero attached hydrogens (tertiary/aromatic N) is 2. The minimum Gasteiger partial charge on any atom is -0.479 e. The summed E-state index contributed by atoms with van der Waals surface area (Å²) in [5.74, 6) is -1.02. The Morgan fingerprint density at radius 1 is 1.06 bits per heavy atom. The third kappa shape index (κ3) is 5.00. The summed E-state index contributed by atoms with van der Waals surface area (Å²) in [6.07, 6.45) is -1.13. The zero-order valence-corrected chi connectivity index (χ0v) is 22.5. The summed E-state index contributed by atoms with van der Waals surface area (Å²) in [5, 5.41) is 10.3. The van der Waals surface area contributed by atoms with Crippen molar-refractivity contribution in [3.8, 4) is 11.1 Å². The van der Waals surface area contributed by atoms with Gasteiger partial charge < -0.3 is 24.4 Å². The molecule has 7 nitrogen and oxygen atoms in total. The number of aliphatic carboxylic acids is 1. The standard InChI is InChI=1S/C29H38N2O5/c1-17-8-10-21(11-9-17)24-19(3)22-14-30(28(34)31-12-13-35-16-18(31)2)15-23(22)20(4)25(24)26(27(32)33)36-29(5,6)7/h8-11,18,26H,12-16H2,1-7H3,(H,32,33)/t18?,26-/m0/s1. The van der Waals surface area contributed by atoms with Crippen LogP contribution >= 0.6 is 0 Å². The number of aryl methyl sites for hydroxylation is 1. The first-order valence-electron chi connectivity index (χ1n) is 12.6. The molecule has 2 heterocycles. The topological polar surface area (TPSA) is 79.3 Å². The Kier molecular flexibility index (Phi) is 7.17. The van der Waals surface area contributed by atoms with Gasteiger partial charge >= 0.3 is 12.0 Å². The lowest BCUT2D eigenvalue weighted by Crippen LogP contribution is -2.51. The van der Waals surface area contributed by atoms with E-state index in [4.69, 9.17) is 9.47 Å². The predicted molar refractivity (Wildman–Crippen MR) is 139 cm³/mol. The second-order valence-electron chi connectivity index (χ2n) is 11.1. The Bertz CT molecular complexity index is 1170. The molecule has 2 atom stereocenters. The Morgan fingerprint density at radius 3 is 2.22 bits per heavy atom. The van der Waals surface area contributed by atoms with Crippen LogP contribution in [0.15, 0.2) is 24.3 Å². The zero-order chi connectivity index (χ0) is 26.4. The molecule has 1 N–H and O–H groups in total. The molecule has 0 radical (unpaired) electrons. The van der Waals surface area contributed by atoms with E-state index in [1.54, 1.807) is 0 Å². The van der Waals surface area contributed by atoms with Gasteiger partial charge in [0.25, 0.3) is 0 Å². The van der Waals surface area contributed by atoms with E-state index in [9.17, 15) is 14.7 Å². The van der Waals surface area contributed by atoms with Crippen molar-refractivity contribution in [1.82, 2.24) is 9.80 Å². The molecule has 7 heteroatoms. The molecular formula is C29H38N2O5. The normalized spacial score (nSPS) is 18.8. The summed E-state index contributed by atoms with van der Waals surface area (Å²) in [6.45, 7) is 16.3. The van der Waals surface area contributed by atoms with E-state index in [0.717, 1.165) is 38.9 Å². The number of fused-ring (bicyclic) bond motifs is 1. The molecule has 1 saturated heterocycles. The van der Waals surface area contributed by atoms with E-state index >= 15 is 0 Å². The van der Waals surface area contributed by atoms with Crippen molar-refractivity contribution in [2.45, 2.75) is 79.3 Å². The first kappa shape index (κ1) is 26.2. The highest BCUT2D eigenvalue weighted by atomic mass is 16.5. The average molecular weight is 495 g/mol. The van der Waals surface area contributed by atoms with Crippen LogP contribution in [0.1, 0.15) is 67.2 Å². The molecule has 2 amide bonds. The molecule has 0 bridgehead atoms. The molecule has 0 aromatic heterocycles. The summed E-state index contributed by atoms with van der Waals surface area (Å²) >= 11 is 0. The number of carboxylic acids is 1. The minimum atomic E-state index is -1.13. The van der Waals surface area contributed by atoms with Gasteiger partial charge in [-0.05, 0) is 81.8 Å². The van der Waals surface area contributed by atoms with Gasteiger partial charge in [-0.3, -0.25) is 0 Å². The van der Waals surface area contributed by atoms with Crippen LogP contribution in [-0.4, -0.2) is 58.3 Å². The smallest absolute Gasteiger partial charge is 0.337 e. The van der Waals surface area contributed by atoms with Gasteiger partial charge in [0.05, 0.1) is 24.9 Å². The van der Waals surface area contributed by atoms with Crippen molar-refractivity contribution in [2.24, 2.45) is 0 Å². The van der Waals surface area contributed by atoms with Gasteiger partial charge in [-0.15, -0.1) is 0 Å². The first-order valence-corrected chi connectivity index (χ1v) is 12.6. The summed E-state index contributed by atoms with van der Waals surface area (Å²) < 4.78 is 11.7. The van der Waals surface area contributed by atoms with Crippen LogP contribution in [0.25, 0.3) is 11.1 Å². The molecule has 2 aliphatic heterocycles. The van der Waals surface area contributed by atoms with E-state index < -0.39 is 17.7 Å². The lowest BCUT2D eigenvalue weighted by Gasteiger charge is -2.36. The number of benzene rings is 2.